The Morgan fingerprint density at radius 2 is 2.05 bits per heavy atom. The fourth-order valence-electron chi connectivity index (χ4n) is 2.14. The van der Waals surface area contributed by atoms with Crippen LogP contribution in [0.4, 0.5) is 0 Å². The van der Waals surface area contributed by atoms with Crippen LogP contribution in [-0.4, -0.2) is 44.9 Å². The predicted molar refractivity (Wildman–Crippen MR) is 70.2 cm³/mol. The van der Waals surface area contributed by atoms with Crippen molar-refractivity contribution in [2.24, 2.45) is 0 Å². The Hall–Kier alpha value is -0.890. The van der Waals surface area contributed by atoms with E-state index in [0.717, 1.165) is 0 Å². The molecule has 7 heteroatoms. The van der Waals surface area contributed by atoms with E-state index < -0.39 is 10.0 Å². The van der Waals surface area contributed by atoms with E-state index in [2.05, 4.69) is 10.6 Å². The zero-order chi connectivity index (χ0) is 13.3. The molecule has 0 bridgehead atoms. The van der Waals surface area contributed by atoms with Crippen molar-refractivity contribution < 1.29 is 12.8 Å². The lowest BCUT2D eigenvalue weighted by Gasteiger charge is -2.25. The summed E-state index contributed by atoms with van der Waals surface area (Å²) in [5, 5.41) is 6.50. The molecular weight excluding hydrogens is 266 g/mol. The number of hydrogen-bond donors (Lipinski definition) is 2. The van der Waals surface area contributed by atoms with Crippen molar-refractivity contribution in [1.82, 2.24) is 14.9 Å². The zero-order valence-electron chi connectivity index (χ0n) is 10.8. The van der Waals surface area contributed by atoms with Crippen molar-refractivity contribution in [2.45, 2.75) is 30.5 Å². The molecule has 0 radical (unpaired) electrons. The monoisotopic (exact) mass is 285 g/mol. The van der Waals surface area contributed by atoms with Crippen LogP contribution in [0.15, 0.2) is 21.6 Å². The largest absolute Gasteiger partial charge is 0.447 e. The van der Waals surface area contributed by atoms with E-state index in [1.165, 1.54) is 17.1 Å². The van der Waals surface area contributed by atoms with Gasteiger partial charge in [0, 0.05) is 32.2 Å². The van der Waals surface area contributed by atoms with Crippen molar-refractivity contribution in [3.63, 3.8) is 0 Å². The smallest absolute Gasteiger partial charge is 0.276 e. The summed E-state index contributed by atoms with van der Waals surface area (Å²) in [4.78, 5) is 0. The van der Waals surface area contributed by atoms with Crippen LogP contribution in [0.1, 0.15) is 18.6 Å². The van der Waals surface area contributed by atoms with Gasteiger partial charge in [0.2, 0.25) is 5.09 Å². The second kappa shape index (κ2) is 5.24. The minimum Gasteiger partial charge on any atom is -0.447 e. The first-order valence-corrected chi connectivity index (χ1v) is 8.13. The number of nitrogens with one attached hydrogen (secondary N) is 2. The number of furan rings is 1. The summed E-state index contributed by atoms with van der Waals surface area (Å²) in [7, 11) is -3.47. The molecule has 1 aromatic heterocycles. The van der Waals surface area contributed by atoms with Crippen LogP contribution in [0.25, 0.3) is 0 Å². The van der Waals surface area contributed by atoms with Crippen LogP contribution in [0, 0.1) is 0 Å². The topological polar surface area (TPSA) is 74.6 Å². The average Bonchev–Trinajstić information content (AvgIpc) is 3.13. The first-order chi connectivity index (χ1) is 9.16. The van der Waals surface area contributed by atoms with Crippen molar-refractivity contribution in [2.75, 3.05) is 26.2 Å². The highest BCUT2D eigenvalue weighted by Gasteiger charge is 2.29. The summed E-state index contributed by atoms with van der Waals surface area (Å²) in [6.07, 6.45) is 2.40. The van der Waals surface area contributed by atoms with Crippen LogP contribution >= 0.6 is 0 Å². The minimum absolute atomic E-state index is 0.0574. The van der Waals surface area contributed by atoms with E-state index in [1.54, 1.807) is 12.1 Å². The molecule has 3 rings (SSSR count). The highest BCUT2D eigenvalue weighted by molar-refractivity contribution is 7.89. The molecular formula is C12H19N3O3S. The van der Waals surface area contributed by atoms with Gasteiger partial charge < -0.3 is 15.1 Å². The zero-order valence-corrected chi connectivity index (χ0v) is 11.6. The van der Waals surface area contributed by atoms with Gasteiger partial charge in [-0.25, -0.2) is 8.42 Å². The van der Waals surface area contributed by atoms with Crippen LogP contribution in [0.3, 0.4) is 0 Å². The Labute approximate surface area is 113 Å². The number of nitrogens with zero attached hydrogens (tertiary/aromatic N) is 1. The van der Waals surface area contributed by atoms with Crippen LogP contribution in [-0.2, 0) is 16.6 Å². The maximum atomic E-state index is 12.3. The molecule has 1 aliphatic carbocycles. The van der Waals surface area contributed by atoms with Gasteiger partial charge in [-0.15, -0.1) is 0 Å². The molecule has 0 spiro atoms. The third kappa shape index (κ3) is 3.00. The van der Waals surface area contributed by atoms with Gasteiger partial charge in [0.05, 0.1) is 6.54 Å². The van der Waals surface area contributed by atoms with Gasteiger partial charge in [-0.3, -0.25) is 0 Å². The van der Waals surface area contributed by atoms with Gasteiger partial charge in [-0.05, 0) is 25.0 Å². The van der Waals surface area contributed by atoms with Gasteiger partial charge in [0.25, 0.3) is 10.0 Å². The third-order valence-electron chi connectivity index (χ3n) is 3.45. The number of piperazine rings is 1. The molecule has 1 saturated heterocycles. The van der Waals surface area contributed by atoms with Gasteiger partial charge in [0.15, 0.2) is 0 Å². The van der Waals surface area contributed by atoms with E-state index in [9.17, 15) is 8.42 Å². The van der Waals surface area contributed by atoms with E-state index in [4.69, 9.17) is 4.42 Å². The lowest BCUT2D eigenvalue weighted by atomic mass is 10.4. The summed E-state index contributed by atoms with van der Waals surface area (Å²) in [6.45, 7) is 2.98. The SMILES string of the molecule is O=S(=O)(c1ccc(CNC2CC2)o1)N1CCNCC1. The van der Waals surface area contributed by atoms with Gasteiger partial charge in [-0.1, -0.05) is 0 Å². The van der Waals surface area contributed by atoms with Crippen LogP contribution < -0.4 is 10.6 Å². The summed E-state index contributed by atoms with van der Waals surface area (Å²) in [5.74, 6) is 0.681. The molecule has 0 atom stereocenters. The Kier molecular flexibility index (Phi) is 3.62. The normalized spacial score (nSPS) is 21.7. The Morgan fingerprint density at radius 3 is 2.74 bits per heavy atom. The maximum absolute atomic E-state index is 12.3. The second-order valence-electron chi connectivity index (χ2n) is 5.03. The molecule has 2 fully saturated rings. The lowest BCUT2D eigenvalue weighted by Crippen LogP contribution is -2.46. The minimum atomic E-state index is -3.47. The molecule has 1 aromatic rings. The number of rotatable bonds is 5. The molecule has 6 nitrogen and oxygen atoms in total. The fraction of sp³-hybridized carbons (Fsp3) is 0.667. The van der Waals surface area contributed by atoms with Crippen molar-refractivity contribution in [3.05, 3.63) is 17.9 Å². The average molecular weight is 285 g/mol. The molecule has 2 N–H and O–H groups in total. The molecule has 1 aliphatic heterocycles. The lowest BCUT2D eigenvalue weighted by molar-refractivity contribution is 0.336. The molecule has 0 amide bonds. The van der Waals surface area contributed by atoms with Crippen molar-refractivity contribution in [1.29, 1.82) is 0 Å². The van der Waals surface area contributed by atoms with Crippen molar-refractivity contribution >= 4 is 10.0 Å². The summed E-state index contributed by atoms with van der Waals surface area (Å²) in [6, 6.07) is 3.88. The third-order valence-corrected chi connectivity index (χ3v) is 5.22. The van der Waals surface area contributed by atoms with Gasteiger partial charge in [-0.2, -0.15) is 4.31 Å². The van der Waals surface area contributed by atoms with Gasteiger partial charge >= 0.3 is 0 Å². The fourth-order valence-corrected chi connectivity index (χ4v) is 3.51. The van der Waals surface area contributed by atoms with Crippen LogP contribution in [0.2, 0.25) is 0 Å². The first kappa shape index (κ1) is 13.1. The highest BCUT2D eigenvalue weighted by atomic mass is 32.2. The maximum Gasteiger partial charge on any atom is 0.276 e. The Balaban J connectivity index is 1.69. The summed E-state index contributed by atoms with van der Waals surface area (Å²) < 4.78 is 31.6. The van der Waals surface area contributed by atoms with Crippen molar-refractivity contribution in [3.8, 4) is 0 Å². The molecule has 2 heterocycles. The van der Waals surface area contributed by atoms with Gasteiger partial charge in [0.1, 0.15) is 5.76 Å². The molecule has 1 saturated carbocycles. The highest BCUT2D eigenvalue weighted by Crippen LogP contribution is 2.22. The first-order valence-electron chi connectivity index (χ1n) is 6.69. The quantitative estimate of drug-likeness (QED) is 0.804. The Morgan fingerprint density at radius 1 is 1.32 bits per heavy atom. The molecule has 19 heavy (non-hydrogen) atoms. The van der Waals surface area contributed by atoms with Crippen LogP contribution in [0.5, 0.6) is 0 Å². The van der Waals surface area contributed by atoms with E-state index in [-0.39, 0.29) is 5.09 Å². The van der Waals surface area contributed by atoms with E-state index in [0.29, 0.717) is 44.5 Å². The predicted octanol–water partition coefficient (Wildman–Crippen LogP) is 0.126. The standard InChI is InChI=1S/C12H19N3O3S/c16-19(17,15-7-5-13-6-8-15)12-4-3-11(18-12)9-14-10-1-2-10/h3-4,10,13-14H,1-2,5-9H2. The summed E-state index contributed by atoms with van der Waals surface area (Å²) in [5.41, 5.74) is 0. The second-order valence-corrected chi connectivity index (χ2v) is 6.90. The molecule has 106 valence electrons. The molecule has 0 aromatic carbocycles. The number of hydrogen-bond acceptors (Lipinski definition) is 5. The van der Waals surface area contributed by atoms with E-state index >= 15 is 0 Å². The molecule has 2 aliphatic rings. The summed E-state index contributed by atoms with van der Waals surface area (Å²) >= 11 is 0. The van der Waals surface area contributed by atoms with E-state index in [1.807, 2.05) is 0 Å². The number of sulfonamides is 1. The molecule has 0 unspecified atom stereocenters. The Bertz CT molecular complexity index is 530.